The van der Waals surface area contributed by atoms with Gasteiger partial charge in [-0.1, -0.05) is 12.1 Å². The number of carbonyl (C=O) groups is 2. The molecular formula is C19H29N3O3. The lowest BCUT2D eigenvalue weighted by molar-refractivity contribution is -0.122. The van der Waals surface area contributed by atoms with Gasteiger partial charge in [0, 0.05) is 39.5 Å². The molecule has 1 aromatic rings. The molecule has 0 bridgehead atoms. The Kier molecular flexibility index (Phi) is 7.57. The molecule has 1 aromatic carbocycles. The summed E-state index contributed by atoms with van der Waals surface area (Å²) in [6, 6.07) is 8.04. The average molecular weight is 347 g/mol. The van der Waals surface area contributed by atoms with Gasteiger partial charge < -0.3 is 20.3 Å². The van der Waals surface area contributed by atoms with Crippen LogP contribution in [0.15, 0.2) is 24.3 Å². The first-order valence-electron chi connectivity index (χ1n) is 8.99. The van der Waals surface area contributed by atoms with Crippen molar-refractivity contribution < 1.29 is 14.3 Å². The molecule has 138 valence electrons. The third-order valence-electron chi connectivity index (χ3n) is 4.64. The maximum absolute atomic E-state index is 11.9. The van der Waals surface area contributed by atoms with Gasteiger partial charge in [0.25, 0.3) is 0 Å². The number of benzene rings is 1. The Balaban J connectivity index is 1.67. The summed E-state index contributed by atoms with van der Waals surface area (Å²) in [6.07, 6.45) is 3.53. The molecule has 2 rings (SSSR count). The van der Waals surface area contributed by atoms with Crippen LogP contribution in [0.2, 0.25) is 0 Å². The van der Waals surface area contributed by atoms with Crippen molar-refractivity contribution in [3.05, 3.63) is 24.3 Å². The van der Waals surface area contributed by atoms with Crippen LogP contribution < -0.4 is 20.3 Å². The van der Waals surface area contributed by atoms with Gasteiger partial charge in [0.15, 0.2) is 0 Å². The summed E-state index contributed by atoms with van der Waals surface area (Å²) < 4.78 is 5.43. The molecule has 0 aromatic heterocycles. The number of amides is 2. The number of anilines is 1. The number of nitrogens with zero attached hydrogens (tertiary/aromatic N) is 1. The van der Waals surface area contributed by atoms with Crippen LogP contribution in [0.25, 0.3) is 0 Å². The van der Waals surface area contributed by atoms with Crippen LogP contribution in [-0.4, -0.2) is 45.6 Å². The second-order valence-electron chi connectivity index (χ2n) is 6.46. The summed E-state index contributed by atoms with van der Waals surface area (Å²) >= 11 is 0. The van der Waals surface area contributed by atoms with Crippen LogP contribution in [0, 0.1) is 5.92 Å². The second kappa shape index (κ2) is 9.91. The maximum atomic E-state index is 11.9. The normalized spacial score (nSPS) is 16.6. The summed E-state index contributed by atoms with van der Waals surface area (Å²) in [5.74, 6) is 1.46. The van der Waals surface area contributed by atoms with Crippen molar-refractivity contribution in [2.24, 2.45) is 5.92 Å². The summed E-state index contributed by atoms with van der Waals surface area (Å²) in [5.41, 5.74) is 1.12. The highest BCUT2D eigenvalue weighted by Crippen LogP contribution is 2.31. The molecule has 6 nitrogen and oxygen atoms in total. The molecule has 1 atom stereocenters. The lowest BCUT2D eigenvalue weighted by Crippen LogP contribution is -2.31. The van der Waals surface area contributed by atoms with Crippen molar-refractivity contribution in [3.8, 4) is 5.75 Å². The second-order valence-corrected chi connectivity index (χ2v) is 6.46. The Bertz CT molecular complexity index is 577. The monoisotopic (exact) mass is 347 g/mol. The Morgan fingerprint density at radius 3 is 2.64 bits per heavy atom. The van der Waals surface area contributed by atoms with Crippen LogP contribution in [0.1, 0.15) is 32.1 Å². The fourth-order valence-corrected chi connectivity index (χ4v) is 3.15. The molecule has 0 aliphatic carbocycles. The van der Waals surface area contributed by atoms with E-state index in [1.165, 1.54) is 0 Å². The third kappa shape index (κ3) is 5.96. The summed E-state index contributed by atoms with van der Waals surface area (Å²) in [7, 11) is 3.32. The fraction of sp³-hybridized carbons (Fsp3) is 0.579. The van der Waals surface area contributed by atoms with Gasteiger partial charge in [0.1, 0.15) is 5.75 Å². The molecule has 1 fully saturated rings. The van der Waals surface area contributed by atoms with E-state index in [4.69, 9.17) is 4.74 Å². The van der Waals surface area contributed by atoms with E-state index in [-0.39, 0.29) is 11.8 Å². The molecule has 2 N–H and O–H groups in total. The zero-order chi connectivity index (χ0) is 18.1. The molecule has 1 aliphatic rings. The van der Waals surface area contributed by atoms with E-state index in [2.05, 4.69) is 21.6 Å². The SMILES string of the molecule is CNC(=O)CCCCC(=O)NC[C@H]1CCN(c2ccccc2OC)C1. The molecular weight excluding hydrogens is 318 g/mol. The number of hydrogen-bond acceptors (Lipinski definition) is 4. The minimum atomic E-state index is 0.0304. The number of ether oxygens (including phenoxy) is 1. The first-order valence-corrected chi connectivity index (χ1v) is 8.99. The number of carbonyl (C=O) groups excluding carboxylic acids is 2. The Morgan fingerprint density at radius 2 is 1.92 bits per heavy atom. The van der Waals surface area contributed by atoms with Crippen molar-refractivity contribution in [1.82, 2.24) is 10.6 Å². The van der Waals surface area contributed by atoms with Crippen molar-refractivity contribution in [3.63, 3.8) is 0 Å². The van der Waals surface area contributed by atoms with Gasteiger partial charge in [0.2, 0.25) is 11.8 Å². The van der Waals surface area contributed by atoms with E-state index in [1.54, 1.807) is 14.2 Å². The maximum Gasteiger partial charge on any atom is 0.220 e. The number of unbranched alkanes of at least 4 members (excludes halogenated alkanes) is 1. The highest BCUT2D eigenvalue weighted by atomic mass is 16.5. The highest BCUT2D eigenvalue weighted by Gasteiger charge is 2.24. The largest absolute Gasteiger partial charge is 0.495 e. The van der Waals surface area contributed by atoms with E-state index in [1.807, 2.05) is 18.2 Å². The van der Waals surface area contributed by atoms with Gasteiger partial charge in [-0.25, -0.2) is 0 Å². The van der Waals surface area contributed by atoms with Crippen molar-refractivity contribution in [2.75, 3.05) is 38.7 Å². The smallest absolute Gasteiger partial charge is 0.220 e. The van der Waals surface area contributed by atoms with Crippen LogP contribution in [0.4, 0.5) is 5.69 Å². The topological polar surface area (TPSA) is 70.7 Å². The zero-order valence-corrected chi connectivity index (χ0v) is 15.2. The van der Waals surface area contributed by atoms with E-state index < -0.39 is 0 Å². The van der Waals surface area contributed by atoms with Crippen molar-refractivity contribution in [2.45, 2.75) is 32.1 Å². The molecule has 2 amide bonds. The molecule has 0 radical (unpaired) electrons. The van der Waals surface area contributed by atoms with E-state index in [0.717, 1.165) is 43.8 Å². The molecule has 1 aliphatic heterocycles. The molecule has 1 heterocycles. The number of hydrogen-bond donors (Lipinski definition) is 2. The Labute approximate surface area is 149 Å². The van der Waals surface area contributed by atoms with Crippen LogP contribution in [0.3, 0.4) is 0 Å². The number of nitrogens with one attached hydrogen (secondary N) is 2. The van der Waals surface area contributed by atoms with Gasteiger partial charge in [0.05, 0.1) is 12.8 Å². The van der Waals surface area contributed by atoms with E-state index >= 15 is 0 Å². The van der Waals surface area contributed by atoms with Crippen molar-refractivity contribution >= 4 is 17.5 Å². The minimum absolute atomic E-state index is 0.0304. The lowest BCUT2D eigenvalue weighted by Gasteiger charge is -2.21. The van der Waals surface area contributed by atoms with Crippen LogP contribution in [-0.2, 0) is 9.59 Å². The Morgan fingerprint density at radius 1 is 1.20 bits per heavy atom. The molecule has 25 heavy (non-hydrogen) atoms. The average Bonchev–Trinajstić information content (AvgIpc) is 3.12. The predicted molar refractivity (Wildman–Crippen MR) is 98.9 cm³/mol. The Hall–Kier alpha value is -2.24. The zero-order valence-electron chi connectivity index (χ0n) is 15.2. The summed E-state index contributed by atoms with van der Waals surface area (Å²) in [4.78, 5) is 25.4. The molecule has 0 spiro atoms. The third-order valence-corrected chi connectivity index (χ3v) is 4.64. The standard InChI is InChI=1S/C19H29N3O3/c1-20-18(23)9-5-6-10-19(24)21-13-15-11-12-22(14-15)16-7-3-4-8-17(16)25-2/h3-4,7-8,15H,5-6,9-14H2,1-2H3,(H,20,23)(H,21,24)/t15-/m1/s1. The molecule has 0 unspecified atom stereocenters. The first-order chi connectivity index (χ1) is 12.1. The summed E-state index contributed by atoms with van der Waals surface area (Å²) in [6.45, 7) is 2.62. The molecule has 0 saturated carbocycles. The number of para-hydroxylation sites is 2. The number of methoxy groups -OCH3 is 1. The van der Waals surface area contributed by atoms with Gasteiger partial charge in [-0.2, -0.15) is 0 Å². The van der Waals surface area contributed by atoms with Crippen molar-refractivity contribution in [1.29, 1.82) is 0 Å². The lowest BCUT2D eigenvalue weighted by atomic mass is 10.1. The summed E-state index contributed by atoms with van der Waals surface area (Å²) in [5, 5.41) is 5.62. The molecule has 1 saturated heterocycles. The van der Waals surface area contributed by atoms with Gasteiger partial charge in [-0.05, 0) is 37.3 Å². The van der Waals surface area contributed by atoms with Crippen LogP contribution >= 0.6 is 0 Å². The van der Waals surface area contributed by atoms with Gasteiger partial charge >= 0.3 is 0 Å². The van der Waals surface area contributed by atoms with Gasteiger partial charge in [-0.3, -0.25) is 9.59 Å². The first kappa shape index (κ1) is 19.1. The quantitative estimate of drug-likeness (QED) is 0.670. The number of rotatable bonds is 9. The van der Waals surface area contributed by atoms with E-state index in [9.17, 15) is 9.59 Å². The van der Waals surface area contributed by atoms with E-state index in [0.29, 0.717) is 25.3 Å². The van der Waals surface area contributed by atoms with Gasteiger partial charge in [-0.15, -0.1) is 0 Å². The highest BCUT2D eigenvalue weighted by molar-refractivity contribution is 5.76. The minimum Gasteiger partial charge on any atom is -0.495 e. The van der Waals surface area contributed by atoms with Crippen LogP contribution in [0.5, 0.6) is 5.75 Å². The fourth-order valence-electron chi connectivity index (χ4n) is 3.15. The molecule has 6 heteroatoms. The predicted octanol–water partition coefficient (Wildman–Crippen LogP) is 1.94.